The van der Waals surface area contributed by atoms with E-state index < -0.39 is 17.5 Å². The van der Waals surface area contributed by atoms with Crippen molar-refractivity contribution in [3.8, 4) is 5.69 Å². The summed E-state index contributed by atoms with van der Waals surface area (Å²) < 4.78 is 42.6. The van der Waals surface area contributed by atoms with E-state index in [9.17, 15) is 13.2 Å². The van der Waals surface area contributed by atoms with E-state index in [-0.39, 0.29) is 10.5 Å². The molecule has 20 heavy (non-hydrogen) atoms. The van der Waals surface area contributed by atoms with Gasteiger partial charge in [-0.15, -0.1) is 0 Å². The first kappa shape index (κ1) is 13.4. The van der Waals surface area contributed by atoms with Crippen molar-refractivity contribution in [3.63, 3.8) is 0 Å². The van der Waals surface area contributed by atoms with Crippen molar-refractivity contribution in [2.24, 2.45) is 0 Å². The number of fused-ring (bicyclic) bond motifs is 1. The Hall–Kier alpha value is -1.60. The zero-order valence-corrected chi connectivity index (χ0v) is 12.2. The van der Waals surface area contributed by atoms with Crippen LogP contribution in [0.5, 0.6) is 0 Å². The van der Waals surface area contributed by atoms with Gasteiger partial charge in [0, 0.05) is 4.47 Å². The Balaban J connectivity index is 2.41. The molecular weight excluding hydrogens is 353 g/mol. The molecule has 0 bridgehead atoms. The van der Waals surface area contributed by atoms with Gasteiger partial charge in [0.1, 0.15) is 0 Å². The molecule has 0 aliphatic carbocycles. The number of aromatic amines is 1. The van der Waals surface area contributed by atoms with Crippen LogP contribution in [-0.2, 0) is 0 Å². The van der Waals surface area contributed by atoms with E-state index in [2.05, 4.69) is 20.9 Å². The fourth-order valence-corrected chi connectivity index (χ4v) is 2.66. The number of benzene rings is 2. The molecule has 0 aliphatic heterocycles. The molecule has 0 saturated carbocycles. The number of aromatic nitrogens is 2. The standard InChI is InChI=1S/C13H6BrF3N2S/c14-6-1-3-8-10(5-6)19(13(20)18-8)9-4-2-7(15)11(16)12(9)17/h1-5H,(H,18,20). The fourth-order valence-electron chi connectivity index (χ4n) is 2.00. The van der Waals surface area contributed by atoms with E-state index in [0.717, 1.165) is 16.6 Å². The number of imidazole rings is 1. The number of halogens is 4. The molecule has 2 aromatic carbocycles. The summed E-state index contributed by atoms with van der Waals surface area (Å²) in [5.74, 6) is -4.03. The predicted octanol–water partition coefficient (Wildman–Crippen LogP) is 4.87. The number of nitrogens with one attached hydrogen (secondary N) is 1. The molecule has 102 valence electrons. The topological polar surface area (TPSA) is 20.7 Å². The van der Waals surface area contributed by atoms with Crippen molar-refractivity contribution in [2.45, 2.75) is 0 Å². The third-order valence-electron chi connectivity index (χ3n) is 2.90. The summed E-state index contributed by atoms with van der Waals surface area (Å²) in [5.41, 5.74) is 1.09. The van der Waals surface area contributed by atoms with Gasteiger partial charge in [0.15, 0.2) is 22.2 Å². The normalized spacial score (nSPS) is 11.2. The predicted molar refractivity (Wildman–Crippen MR) is 76.0 cm³/mol. The largest absolute Gasteiger partial charge is 0.330 e. The van der Waals surface area contributed by atoms with Gasteiger partial charge in [0.2, 0.25) is 0 Å². The van der Waals surface area contributed by atoms with Crippen molar-refractivity contribution >= 4 is 39.2 Å². The van der Waals surface area contributed by atoms with Crippen molar-refractivity contribution in [1.29, 1.82) is 0 Å². The van der Waals surface area contributed by atoms with Crippen LogP contribution in [0.3, 0.4) is 0 Å². The second kappa shape index (κ2) is 4.75. The van der Waals surface area contributed by atoms with E-state index in [1.165, 1.54) is 4.57 Å². The van der Waals surface area contributed by atoms with Gasteiger partial charge in [0.25, 0.3) is 0 Å². The van der Waals surface area contributed by atoms with Crippen molar-refractivity contribution in [3.05, 3.63) is 57.0 Å². The molecule has 0 saturated heterocycles. The number of hydrogen-bond donors (Lipinski definition) is 1. The lowest BCUT2D eigenvalue weighted by atomic mass is 10.2. The highest BCUT2D eigenvalue weighted by molar-refractivity contribution is 9.10. The summed E-state index contributed by atoms with van der Waals surface area (Å²) in [6.45, 7) is 0. The van der Waals surface area contributed by atoms with Crippen LogP contribution in [0, 0.1) is 22.2 Å². The minimum atomic E-state index is -1.52. The number of hydrogen-bond acceptors (Lipinski definition) is 1. The molecule has 1 aromatic heterocycles. The van der Waals surface area contributed by atoms with Crippen molar-refractivity contribution in [2.75, 3.05) is 0 Å². The third-order valence-corrected chi connectivity index (χ3v) is 3.68. The summed E-state index contributed by atoms with van der Waals surface area (Å²) in [7, 11) is 0. The Bertz CT molecular complexity index is 885. The first-order valence-electron chi connectivity index (χ1n) is 5.53. The van der Waals surface area contributed by atoms with Crippen LogP contribution < -0.4 is 0 Å². The second-order valence-electron chi connectivity index (χ2n) is 4.12. The second-order valence-corrected chi connectivity index (χ2v) is 5.42. The van der Waals surface area contributed by atoms with E-state index in [4.69, 9.17) is 12.2 Å². The third kappa shape index (κ3) is 1.97. The summed E-state index contributed by atoms with van der Waals surface area (Å²) in [6.07, 6.45) is 0. The fraction of sp³-hybridized carbons (Fsp3) is 0. The van der Waals surface area contributed by atoms with Gasteiger partial charge in [0.05, 0.1) is 16.7 Å². The van der Waals surface area contributed by atoms with Crippen LogP contribution in [0.4, 0.5) is 13.2 Å². The molecule has 0 spiro atoms. The maximum absolute atomic E-state index is 13.9. The molecule has 1 heterocycles. The zero-order valence-electron chi connectivity index (χ0n) is 9.75. The molecule has 3 rings (SSSR count). The van der Waals surface area contributed by atoms with Gasteiger partial charge in [-0.1, -0.05) is 15.9 Å². The van der Waals surface area contributed by atoms with Gasteiger partial charge >= 0.3 is 0 Å². The lowest BCUT2D eigenvalue weighted by Gasteiger charge is -2.07. The van der Waals surface area contributed by atoms with Gasteiger partial charge in [-0.2, -0.15) is 0 Å². The molecule has 0 amide bonds. The molecule has 1 N–H and O–H groups in total. The van der Waals surface area contributed by atoms with E-state index in [0.29, 0.717) is 11.0 Å². The number of rotatable bonds is 1. The zero-order chi connectivity index (χ0) is 14.4. The van der Waals surface area contributed by atoms with Crippen LogP contribution in [-0.4, -0.2) is 9.55 Å². The SMILES string of the molecule is Fc1ccc(-n2c(=S)[nH]c3ccc(Br)cc32)c(F)c1F. The monoisotopic (exact) mass is 358 g/mol. The van der Waals surface area contributed by atoms with Crippen LogP contribution in [0.25, 0.3) is 16.7 Å². The average Bonchev–Trinajstić information content (AvgIpc) is 2.72. The van der Waals surface area contributed by atoms with Crippen LogP contribution in [0.1, 0.15) is 0 Å². The number of nitrogens with zero attached hydrogens (tertiary/aromatic N) is 1. The average molecular weight is 359 g/mol. The van der Waals surface area contributed by atoms with Crippen molar-refractivity contribution < 1.29 is 13.2 Å². The molecular formula is C13H6BrF3N2S. The van der Waals surface area contributed by atoms with Gasteiger partial charge < -0.3 is 4.98 Å². The van der Waals surface area contributed by atoms with Gasteiger partial charge in [-0.3, -0.25) is 4.57 Å². The first-order valence-corrected chi connectivity index (χ1v) is 6.73. The summed E-state index contributed by atoms with van der Waals surface area (Å²) >= 11 is 8.43. The lowest BCUT2D eigenvalue weighted by Crippen LogP contribution is -2.02. The first-order chi connectivity index (χ1) is 9.49. The molecule has 0 unspecified atom stereocenters. The highest BCUT2D eigenvalue weighted by Crippen LogP contribution is 2.26. The molecule has 7 heteroatoms. The minimum Gasteiger partial charge on any atom is -0.330 e. The Morgan fingerprint density at radius 3 is 2.55 bits per heavy atom. The maximum Gasteiger partial charge on any atom is 0.196 e. The van der Waals surface area contributed by atoms with Crippen LogP contribution in [0.15, 0.2) is 34.8 Å². The Labute approximate surface area is 125 Å². The van der Waals surface area contributed by atoms with E-state index >= 15 is 0 Å². The molecule has 0 aliphatic rings. The smallest absolute Gasteiger partial charge is 0.196 e. The quantitative estimate of drug-likeness (QED) is 0.486. The highest BCUT2D eigenvalue weighted by Gasteiger charge is 2.17. The summed E-state index contributed by atoms with van der Waals surface area (Å²) in [5, 5.41) is 0. The maximum atomic E-state index is 13.9. The molecule has 2 nitrogen and oxygen atoms in total. The molecule has 0 atom stereocenters. The van der Waals surface area contributed by atoms with Crippen LogP contribution in [0.2, 0.25) is 0 Å². The Kier molecular flexibility index (Phi) is 3.18. The Morgan fingerprint density at radius 1 is 1.05 bits per heavy atom. The molecule has 3 aromatic rings. The van der Waals surface area contributed by atoms with Crippen LogP contribution >= 0.6 is 28.1 Å². The van der Waals surface area contributed by atoms with E-state index in [1.807, 2.05) is 0 Å². The van der Waals surface area contributed by atoms with Crippen molar-refractivity contribution in [1.82, 2.24) is 9.55 Å². The van der Waals surface area contributed by atoms with Gasteiger partial charge in [-0.05, 0) is 42.5 Å². The number of H-pyrrole nitrogens is 1. The van der Waals surface area contributed by atoms with Gasteiger partial charge in [-0.25, -0.2) is 13.2 Å². The van der Waals surface area contributed by atoms with E-state index in [1.54, 1.807) is 18.2 Å². The Morgan fingerprint density at radius 2 is 1.80 bits per heavy atom. The lowest BCUT2D eigenvalue weighted by molar-refractivity contribution is 0.445. The minimum absolute atomic E-state index is 0.141. The summed E-state index contributed by atoms with van der Waals surface area (Å²) in [6, 6.07) is 7.27. The highest BCUT2D eigenvalue weighted by atomic mass is 79.9. The molecule has 0 fully saturated rings. The molecule has 0 radical (unpaired) electrons. The summed E-state index contributed by atoms with van der Waals surface area (Å²) in [4.78, 5) is 2.89.